The second-order valence-electron chi connectivity index (χ2n) is 7.99. The fourth-order valence-electron chi connectivity index (χ4n) is 3.75. The van der Waals surface area contributed by atoms with Crippen LogP contribution < -0.4 is 16.0 Å². The van der Waals surface area contributed by atoms with Crippen LogP contribution in [0.5, 0.6) is 0 Å². The van der Waals surface area contributed by atoms with Gasteiger partial charge in [-0.25, -0.2) is 9.48 Å². The summed E-state index contributed by atoms with van der Waals surface area (Å²) in [5.74, 6) is -0.664. The Morgan fingerprint density at radius 2 is 1.91 bits per heavy atom. The maximum atomic E-state index is 12.6. The van der Waals surface area contributed by atoms with E-state index in [1.807, 2.05) is 48.1 Å². The van der Waals surface area contributed by atoms with Crippen molar-refractivity contribution in [3.05, 3.63) is 83.2 Å². The lowest BCUT2D eigenvalue weighted by Gasteiger charge is -2.21. The van der Waals surface area contributed by atoms with Gasteiger partial charge in [0.25, 0.3) is 11.8 Å². The molecule has 32 heavy (non-hydrogen) atoms. The van der Waals surface area contributed by atoms with Crippen LogP contribution in [0, 0.1) is 6.92 Å². The summed E-state index contributed by atoms with van der Waals surface area (Å²) in [7, 11) is 0. The minimum absolute atomic E-state index is 0.225. The Bertz CT molecular complexity index is 1170. The number of imide groups is 1. The number of para-hydroxylation sites is 1. The van der Waals surface area contributed by atoms with Crippen molar-refractivity contribution in [1.82, 2.24) is 25.7 Å². The summed E-state index contributed by atoms with van der Waals surface area (Å²) in [4.78, 5) is 36.3. The van der Waals surface area contributed by atoms with Crippen molar-refractivity contribution in [2.75, 3.05) is 6.54 Å². The molecule has 0 spiro atoms. The topological polar surface area (TPSA) is 105 Å². The molecular weight excluding hydrogens is 406 g/mol. The first-order valence-electron chi connectivity index (χ1n) is 10.5. The number of rotatable bonds is 7. The van der Waals surface area contributed by atoms with E-state index in [1.54, 1.807) is 31.2 Å². The summed E-state index contributed by atoms with van der Waals surface area (Å²) < 4.78 is 1.87. The highest BCUT2D eigenvalue weighted by molar-refractivity contribution is 6.07. The van der Waals surface area contributed by atoms with Gasteiger partial charge in [-0.1, -0.05) is 30.3 Å². The van der Waals surface area contributed by atoms with Crippen LogP contribution in [0.1, 0.15) is 40.5 Å². The lowest BCUT2D eigenvalue weighted by Crippen LogP contribution is -2.40. The fourth-order valence-corrected chi connectivity index (χ4v) is 3.75. The van der Waals surface area contributed by atoms with E-state index < -0.39 is 17.5 Å². The second-order valence-corrected chi connectivity index (χ2v) is 7.99. The number of aromatic nitrogens is 2. The zero-order valence-corrected chi connectivity index (χ0v) is 18.0. The molecule has 3 N–H and O–H groups in total. The molecule has 0 bridgehead atoms. The van der Waals surface area contributed by atoms with Gasteiger partial charge in [0.2, 0.25) is 0 Å². The highest BCUT2D eigenvalue weighted by Gasteiger charge is 2.43. The number of amides is 4. The highest BCUT2D eigenvalue weighted by atomic mass is 16.2. The average Bonchev–Trinajstić information content (AvgIpc) is 3.30. The number of carbonyl (C=O) groups is 3. The Hall–Kier alpha value is -3.94. The standard InChI is InChI=1S/C24H25N5O3/c1-16-18(15-29(28-16)20-11-4-3-5-12-20)9-7-13-25-21(30)17-8-6-10-19(14-17)24(2)22(31)26-23(32)27-24/h3-6,8,10-12,14-15H,7,9,13H2,1-2H3,(H,25,30)(H2,26,27,31,32)/t24-/m1/s1. The van der Waals surface area contributed by atoms with Gasteiger partial charge in [0.05, 0.1) is 11.4 Å². The molecule has 0 unspecified atom stereocenters. The number of benzene rings is 2. The third-order valence-corrected chi connectivity index (χ3v) is 5.68. The fraction of sp³-hybridized carbons (Fsp3) is 0.250. The van der Waals surface area contributed by atoms with Crippen molar-refractivity contribution >= 4 is 17.8 Å². The molecular formula is C24H25N5O3. The zero-order chi connectivity index (χ0) is 22.7. The van der Waals surface area contributed by atoms with E-state index in [9.17, 15) is 14.4 Å². The molecule has 1 aliphatic rings. The molecule has 4 rings (SSSR count). The normalized spacial score (nSPS) is 17.7. The van der Waals surface area contributed by atoms with Gasteiger partial charge >= 0.3 is 6.03 Å². The van der Waals surface area contributed by atoms with Crippen molar-refractivity contribution in [3.8, 4) is 5.69 Å². The van der Waals surface area contributed by atoms with Crippen molar-refractivity contribution in [1.29, 1.82) is 0 Å². The van der Waals surface area contributed by atoms with Crippen molar-refractivity contribution in [3.63, 3.8) is 0 Å². The number of carbonyl (C=O) groups excluding carboxylic acids is 3. The largest absolute Gasteiger partial charge is 0.352 e. The smallest absolute Gasteiger partial charge is 0.322 e. The van der Waals surface area contributed by atoms with E-state index in [0.29, 0.717) is 17.7 Å². The molecule has 3 aromatic rings. The van der Waals surface area contributed by atoms with E-state index in [4.69, 9.17) is 0 Å². The predicted molar refractivity (Wildman–Crippen MR) is 119 cm³/mol. The van der Waals surface area contributed by atoms with Crippen molar-refractivity contribution < 1.29 is 14.4 Å². The number of nitrogens with one attached hydrogen (secondary N) is 3. The van der Waals surface area contributed by atoms with Gasteiger partial charge in [0.1, 0.15) is 5.54 Å². The first kappa shape index (κ1) is 21.3. The number of aryl methyl sites for hydroxylation is 2. The van der Waals surface area contributed by atoms with E-state index in [0.717, 1.165) is 29.8 Å². The summed E-state index contributed by atoms with van der Waals surface area (Å²) >= 11 is 0. The molecule has 1 aromatic heterocycles. The summed E-state index contributed by atoms with van der Waals surface area (Å²) in [6.07, 6.45) is 3.59. The van der Waals surface area contributed by atoms with Gasteiger partial charge in [0.15, 0.2) is 0 Å². The first-order valence-corrected chi connectivity index (χ1v) is 10.5. The minimum atomic E-state index is -1.19. The Morgan fingerprint density at radius 1 is 1.12 bits per heavy atom. The van der Waals surface area contributed by atoms with Crippen LogP contribution in [0.15, 0.2) is 60.8 Å². The SMILES string of the molecule is Cc1nn(-c2ccccc2)cc1CCCNC(=O)c1cccc([C@@]2(C)NC(=O)NC2=O)c1. The molecule has 2 heterocycles. The number of urea groups is 1. The Kier molecular flexibility index (Phi) is 5.77. The number of nitrogens with zero attached hydrogens (tertiary/aromatic N) is 2. The maximum absolute atomic E-state index is 12.6. The molecule has 0 aliphatic carbocycles. The molecule has 164 valence electrons. The molecule has 1 atom stereocenters. The molecule has 4 amide bonds. The van der Waals surface area contributed by atoms with Gasteiger partial charge in [0, 0.05) is 18.3 Å². The molecule has 8 heteroatoms. The van der Waals surface area contributed by atoms with E-state index in [1.165, 1.54) is 0 Å². The highest BCUT2D eigenvalue weighted by Crippen LogP contribution is 2.25. The Morgan fingerprint density at radius 3 is 2.62 bits per heavy atom. The van der Waals surface area contributed by atoms with E-state index in [2.05, 4.69) is 21.0 Å². The van der Waals surface area contributed by atoms with Crippen LogP contribution in [0.3, 0.4) is 0 Å². The van der Waals surface area contributed by atoms with Gasteiger partial charge in [-0.3, -0.25) is 14.9 Å². The van der Waals surface area contributed by atoms with Crippen molar-refractivity contribution in [2.24, 2.45) is 0 Å². The monoisotopic (exact) mass is 431 g/mol. The predicted octanol–water partition coefficient (Wildman–Crippen LogP) is 2.60. The van der Waals surface area contributed by atoms with Crippen LogP contribution in [-0.2, 0) is 16.8 Å². The number of hydrogen-bond donors (Lipinski definition) is 3. The lowest BCUT2D eigenvalue weighted by atomic mass is 9.91. The summed E-state index contributed by atoms with van der Waals surface area (Å²) in [5, 5.41) is 12.3. The van der Waals surface area contributed by atoms with Crippen LogP contribution in [-0.4, -0.2) is 34.2 Å². The maximum Gasteiger partial charge on any atom is 0.322 e. The van der Waals surface area contributed by atoms with Gasteiger partial charge in [-0.2, -0.15) is 5.10 Å². The molecule has 0 saturated carbocycles. The summed E-state index contributed by atoms with van der Waals surface area (Å²) in [6, 6.07) is 16.1. The average molecular weight is 431 g/mol. The van der Waals surface area contributed by atoms with Crippen LogP contribution in [0.2, 0.25) is 0 Å². The second kappa shape index (κ2) is 8.66. The molecule has 0 radical (unpaired) electrons. The third kappa shape index (κ3) is 4.25. The molecule has 1 saturated heterocycles. The lowest BCUT2D eigenvalue weighted by molar-refractivity contribution is -0.123. The zero-order valence-electron chi connectivity index (χ0n) is 18.0. The van der Waals surface area contributed by atoms with Gasteiger partial charge < -0.3 is 10.6 Å². The number of hydrogen-bond acceptors (Lipinski definition) is 4. The quantitative estimate of drug-likeness (QED) is 0.395. The third-order valence-electron chi connectivity index (χ3n) is 5.68. The van der Waals surface area contributed by atoms with Crippen LogP contribution in [0.25, 0.3) is 5.69 Å². The van der Waals surface area contributed by atoms with Crippen LogP contribution >= 0.6 is 0 Å². The molecule has 1 fully saturated rings. The summed E-state index contributed by atoms with van der Waals surface area (Å²) in [6.45, 7) is 4.10. The Labute approximate surface area is 186 Å². The first-order chi connectivity index (χ1) is 15.4. The van der Waals surface area contributed by atoms with E-state index in [-0.39, 0.29) is 5.91 Å². The Balaban J connectivity index is 1.34. The molecule has 1 aliphatic heterocycles. The van der Waals surface area contributed by atoms with Crippen LogP contribution in [0.4, 0.5) is 4.79 Å². The van der Waals surface area contributed by atoms with Gasteiger partial charge in [-0.15, -0.1) is 0 Å². The molecule has 2 aromatic carbocycles. The molecule has 8 nitrogen and oxygen atoms in total. The van der Waals surface area contributed by atoms with Crippen molar-refractivity contribution in [2.45, 2.75) is 32.2 Å². The van der Waals surface area contributed by atoms with Gasteiger partial charge in [-0.05, 0) is 62.1 Å². The van der Waals surface area contributed by atoms with E-state index >= 15 is 0 Å². The minimum Gasteiger partial charge on any atom is -0.352 e. The summed E-state index contributed by atoms with van der Waals surface area (Å²) in [5.41, 5.74) is 2.92.